The fourth-order valence-electron chi connectivity index (χ4n) is 3.25. The fraction of sp³-hybridized carbons (Fsp3) is 0.211. The highest BCUT2D eigenvalue weighted by Gasteiger charge is 2.32. The molecule has 1 fully saturated rings. The summed E-state index contributed by atoms with van der Waals surface area (Å²) in [6.45, 7) is 0.704. The Balaban J connectivity index is 1.52. The molecule has 0 saturated carbocycles. The lowest BCUT2D eigenvalue weighted by Gasteiger charge is -2.23. The number of hydrogen-bond acceptors (Lipinski definition) is 4. The Bertz CT molecular complexity index is 906. The predicted molar refractivity (Wildman–Crippen MR) is 100 cm³/mol. The molecular formula is C19H18N4O2S. The zero-order valence-corrected chi connectivity index (χ0v) is 14.8. The van der Waals surface area contributed by atoms with Crippen molar-refractivity contribution >= 4 is 28.8 Å². The lowest BCUT2D eigenvalue weighted by atomic mass is 10.1. The summed E-state index contributed by atoms with van der Waals surface area (Å²) in [6.07, 6.45) is 5.33. The molecule has 3 heterocycles. The van der Waals surface area contributed by atoms with Crippen LogP contribution in [0.2, 0.25) is 0 Å². The van der Waals surface area contributed by atoms with Crippen molar-refractivity contribution in [1.82, 2.24) is 14.9 Å². The first-order chi connectivity index (χ1) is 12.7. The SMILES string of the molecule is O=C(Nc1cccc(C(=O)N2CCC[C@@H]2c2ncc[nH]2)c1)c1cccs1. The molecule has 0 spiro atoms. The molecule has 2 N–H and O–H groups in total. The lowest BCUT2D eigenvalue weighted by Crippen LogP contribution is -2.31. The zero-order chi connectivity index (χ0) is 17.9. The van der Waals surface area contributed by atoms with Crippen LogP contribution in [-0.2, 0) is 0 Å². The zero-order valence-electron chi connectivity index (χ0n) is 14.0. The number of likely N-dealkylation sites (tertiary alicyclic amines) is 1. The van der Waals surface area contributed by atoms with Crippen LogP contribution < -0.4 is 5.32 Å². The third-order valence-electron chi connectivity index (χ3n) is 4.46. The first-order valence-electron chi connectivity index (χ1n) is 8.47. The Kier molecular flexibility index (Phi) is 4.53. The number of carbonyl (C=O) groups is 2. The molecule has 2 aromatic heterocycles. The number of aromatic nitrogens is 2. The van der Waals surface area contributed by atoms with E-state index in [1.54, 1.807) is 42.7 Å². The van der Waals surface area contributed by atoms with Gasteiger partial charge in [-0.05, 0) is 42.5 Å². The Hall–Kier alpha value is -2.93. The minimum atomic E-state index is -0.167. The van der Waals surface area contributed by atoms with E-state index in [0.29, 0.717) is 22.7 Å². The molecule has 1 aromatic carbocycles. The smallest absolute Gasteiger partial charge is 0.265 e. The van der Waals surface area contributed by atoms with Crippen molar-refractivity contribution in [3.63, 3.8) is 0 Å². The van der Waals surface area contributed by atoms with Gasteiger partial charge in [0.05, 0.1) is 10.9 Å². The maximum absolute atomic E-state index is 13.0. The maximum atomic E-state index is 13.0. The highest BCUT2D eigenvalue weighted by Crippen LogP contribution is 2.31. The van der Waals surface area contributed by atoms with Gasteiger partial charge in [-0.25, -0.2) is 4.98 Å². The van der Waals surface area contributed by atoms with Crippen LogP contribution in [-0.4, -0.2) is 33.2 Å². The first kappa shape index (κ1) is 16.5. The second-order valence-electron chi connectivity index (χ2n) is 6.14. The number of aromatic amines is 1. The van der Waals surface area contributed by atoms with E-state index in [0.717, 1.165) is 18.7 Å². The van der Waals surface area contributed by atoms with Crippen molar-refractivity contribution in [3.8, 4) is 0 Å². The number of anilines is 1. The quantitative estimate of drug-likeness (QED) is 0.739. The molecule has 0 unspecified atom stereocenters. The monoisotopic (exact) mass is 366 g/mol. The molecule has 6 nitrogen and oxygen atoms in total. The molecule has 0 bridgehead atoms. The van der Waals surface area contributed by atoms with Crippen LogP contribution in [0.4, 0.5) is 5.69 Å². The number of H-pyrrole nitrogens is 1. The molecule has 3 aromatic rings. The van der Waals surface area contributed by atoms with Crippen LogP contribution in [0.25, 0.3) is 0 Å². The Morgan fingerprint density at radius 3 is 2.96 bits per heavy atom. The molecular weight excluding hydrogens is 348 g/mol. The number of imidazole rings is 1. The summed E-state index contributed by atoms with van der Waals surface area (Å²) in [4.78, 5) is 35.1. The summed E-state index contributed by atoms with van der Waals surface area (Å²) in [6, 6.07) is 10.7. The number of benzene rings is 1. The maximum Gasteiger partial charge on any atom is 0.265 e. The van der Waals surface area contributed by atoms with Gasteiger partial charge in [0.1, 0.15) is 5.82 Å². The summed E-state index contributed by atoms with van der Waals surface area (Å²) in [5.74, 6) is 0.605. The summed E-state index contributed by atoms with van der Waals surface area (Å²) >= 11 is 1.38. The van der Waals surface area contributed by atoms with Gasteiger partial charge in [-0.2, -0.15) is 0 Å². The van der Waals surface area contributed by atoms with Crippen molar-refractivity contribution < 1.29 is 9.59 Å². The van der Waals surface area contributed by atoms with Gasteiger partial charge in [-0.15, -0.1) is 11.3 Å². The molecule has 0 radical (unpaired) electrons. The number of nitrogens with zero attached hydrogens (tertiary/aromatic N) is 2. The van der Waals surface area contributed by atoms with E-state index in [4.69, 9.17) is 0 Å². The molecule has 2 amide bonds. The molecule has 1 saturated heterocycles. The molecule has 1 aliphatic heterocycles. The number of rotatable bonds is 4. The van der Waals surface area contributed by atoms with Crippen molar-refractivity contribution in [2.45, 2.75) is 18.9 Å². The van der Waals surface area contributed by atoms with Gasteiger partial charge < -0.3 is 15.2 Å². The molecule has 132 valence electrons. The van der Waals surface area contributed by atoms with Gasteiger partial charge in [-0.1, -0.05) is 12.1 Å². The van der Waals surface area contributed by atoms with Gasteiger partial charge in [0.15, 0.2) is 0 Å². The van der Waals surface area contributed by atoms with Crippen LogP contribution in [0, 0.1) is 0 Å². The third kappa shape index (κ3) is 3.25. The van der Waals surface area contributed by atoms with E-state index >= 15 is 0 Å². The third-order valence-corrected chi connectivity index (χ3v) is 5.33. The van der Waals surface area contributed by atoms with Crippen molar-refractivity contribution in [3.05, 3.63) is 70.4 Å². The summed E-state index contributed by atoms with van der Waals surface area (Å²) in [5, 5.41) is 4.71. The topological polar surface area (TPSA) is 78.1 Å². The Morgan fingerprint density at radius 1 is 1.27 bits per heavy atom. The number of amides is 2. The van der Waals surface area contributed by atoms with Gasteiger partial charge >= 0.3 is 0 Å². The van der Waals surface area contributed by atoms with E-state index in [-0.39, 0.29) is 17.9 Å². The average Bonchev–Trinajstić information content (AvgIpc) is 3.43. The standard InChI is InChI=1S/C19H18N4O2S/c24-18(16-7-3-11-26-16)22-14-5-1-4-13(12-14)19(25)23-10-2-6-15(23)17-20-8-9-21-17/h1,3-5,7-9,11-12,15H,2,6,10H2,(H,20,21)(H,22,24)/t15-/m1/s1. The first-order valence-corrected chi connectivity index (χ1v) is 9.35. The summed E-state index contributed by atoms with van der Waals surface area (Å²) in [5.41, 5.74) is 1.18. The minimum absolute atomic E-state index is 0.0260. The van der Waals surface area contributed by atoms with Crippen LogP contribution >= 0.6 is 11.3 Å². The van der Waals surface area contributed by atoms with Crippen molar-refractivity contribution in [1.29, 1.82) is 0 Å². The molecule has 4 rings (SSSR count). The molecule has 1 atom stereocenters. The van der Waals surface area contributed by atoms with Crippen molar-refractivity contribution in [2.75, 3.05) is 11.9 Å². The Labute approximate surface area is 154 Å². The fourth-order valence-corrected chi connectivity index (χ4v) is 3.87. The predicted octanol–water partition coefficient (Wildman–Crippen LogP) is 3.70. The normalized spacial score (nSPS) is 16.6. The number of carbonyl (C=O) groups excluding carboxylic acids is 2. The average molecular weight is 366 g/mol. The van der Waals surface area contributed by atoms with E-state index < -0.39 is 0 Å². The van der Waals surface area contributed by atoms with Gasteiger partial charge in [0, 0.05) is 30.2 Å². The van der Waals surface area contributed by atoms with Crippen LogP contribution in [0.3, 0.4) is 0 Å². The molecule has 1 aliphatic rings. The second-order valence-corrected chi connectivity index (χ2v) is 7.09. The van der Waals surface area contributed by atoms with Gasteiger partial charge in [0.25, 0.3) is 11.8 Å². The summed E-state index contributed by atoms with van der Waals surface area (Å²) in [7, 11) is 0. The summed E-state index contributed by atoms with van der Waals surface area (Å²) < 4.78 is 0. The van der Waals surface area contributed by atoms with Crippen molar-refractivity contribution in [2.24, 2.45) is 0 Å². The minimum Gasteiger partial charge on any atom is -0.347 e. The van der Waals surface area contributed by atoms with Crippen LogP contribution in [0.1, 0.15) is 44.7 Å². The molecule has 26 heavy (non-hydrogen) atoms. The largest absolute Gasteiger partial charge is 0.347 e. The number of thiophene rings is 1. The highest BCUT2D eigenvalue weighted by molar-refractivity contribution is 7.12. The number of nitrogens with one attached hydrogen (secondary N) is 2. The number of hydrogen-bond donors (Lipinski definition) is 2. The lowest BCUT2D eigenvalue weighted by molar-refractivity contribution is 0.0730. The Morgan fingerprint density at radius 2 is 2.19 bits per heavy atom. The van der Waals surface area contributed by atoms with Crippen LogP contribution in [0.5, 0.6) is 0 Å². The molecule has 0 aliphatic carbocycles. The van der Waals surface area contributed by atoms with E-state index in [1.807, 2.05) is 16.3 Å². The van der Waals surface area contributed by atoms with E-state index in [9.17, 15) is 9.59 Å². The van der Waals surface area contributed by atoms with Crippen LogP contribution in [0.15, 0.2) is 54.2 Å². The molecule has 7 heteroatoms. The second kappa shape index (κ2) is 7.13. The highest BCUT2D eigenvalue weighted by atomic mass is 32.1. The van der Waals surface area contributed by atoms with E-state index in [2.05, 4.69) is 15.3 Å². The van der Waals surface area contributed by atoms with E-state index in [1.165, 1.54) is 11.3 Å². The van der Waals surface area contributed by atoms with Gasteiger partial charge in [-0.3, -0.25) is 9.59 Å². The van der Waals surface area contributed by atoms with Gasteiger partial charge in [0.2, 0.25) is 0 Å².